The van der Waals surface area contributed by atoms with E-state index in [0.717, 1.165) is 51.4 Å². The molecule has 6 heteroatoms. The van der Waals surface area contributed by atoms with Gasteiger partial charge in [0.15, 0.2) is 0 Å². The topological polar surface area (TPSA) is 74.8 Å². The Kier molecular flexibility index (Phi) is 7.40. The molecule has 0 radical (unpaired) electrons. The third kappa shape index (κ3) is 5.42. The molecule has 0 unspecified atom stereocenters. The highest BCUT2D eigenvalue weighted by Crippen LogP contribution is 2.15. The fourth-order valence-corrected chi connectivity index (χ4v) is 3.35. The first-order chi connectivity index (χ1) is 11.6. The molecule has 0 spiro atoms. The fourth-order valence-electron chi connectivity index (χ4n) is 3.35. The predicted molar refractivity (Wildman–Crippen MR) is 88.8 cm³/mol. The summed E-state index contributed by atoms with van der Waals surface area (Å²) in [4.78, 5) is 48.6. The Morgan fingerprint density at radius 3 is 1.00 bits per heavy atom. The number of nitrogens with zero attached hydrogens (tertiary/aromatic N) is 2. The second-order valence-electron chi connectivity index (χ2n) is 6.71. The monoisotopic (exact) mass is 336 g/mol. The van der Waals surface area contributed by atoms with Gasteiger partial charge in [-0.1, -0.05) is 38.5 Å². The van der Waals surface area contributed by atoms with Crippen molar-refractivity contribution in [3.63, 3.8) is 0 Å². The molecule has 0 atom stereocenters. The molecule has 0 aromatic rings. The van der Waals surface area contributed by atoms with Crippen LogP contribution in [0.5, 0.6) is 0 Å². The molecule has 24 heavy (non-hydrogen) atoms. The van der Waals surface area contributed by atoms with E-state index in [1.807, 2.05) is 0 Å². The molecule has 0 bridgehead atoms. The SMILES string of the molecule is O=C1CCC(=O)N1CCCCCCCCCCN1C(=O)CCC1=O. The summed E-state index contributed by atoms with van der Waals surface area (Å²) in [7, 11) is 0. The van der Waals surface area contributed by atoms with Crippen molar-refractivity contribution in [2.75, 3.05) is 13.1 Å². The Balaban J connectivity index is 1.39. The van der Waals surface area contributed by atoms with Gasteiger partial charge in [0.25, 0.3) is 0 Å². The lowest BCUT2D eigenvalue weighted by Gasteiger charge is -2.13. The van der Waals surface area contributed by atoms with Crippen molar-refractivity contribution >= 4 is 23.6 Å². The zero-order valence-electron chi connectivity index (χ0n) is 14.4. The molecule has 2 heterocycles. The van der Waals surface area contributed by atoms with Crippen molar-refractivity contribution in [2.24, 2.45) is 0 Å². The maximum absolute atomic E-state index is 11.4. The van der Waals surface area contributed by atoms with Crippen molar-refractivity contribution < 1.29 is 19.2 Å². The van der Waals surface area contributed by atoms with Crippen molar-refractivity contribution in [1.82, 2.24) is 9.80 Å². The van der Waals surface area contributed by atoms with Crippen molar-refractivity contribution in [1.29, 1.82) is 0 Å². The van der Waals surface area contributed by atoms with Gasteiger partial charge < -0.3 is 0 Å². The molecule has 6 nitrogen and oxygen atoms in total. The van der Waals surface area contributed by atoms with Gasteiger partial charge in [-0.3, -0.25) is 29.0 Å². The molecule has 4 amide bonds. The molecule has 2 fully saturated rings. The van der Waals surface area contributed by atoms with Crippen LogP contribution in [0.1, 0.15) is 77.0 Å². The second kappa shape index (κ2) is 9.55. The van der Waals surface area contributed by atoms with Gasteiger partial charge in [-0.25, -0.2) is 0 Å². The number of unbranched alkanes of at least 4 members (excludes halogenated alkanes) is 7. The van der Waals surface area contributed by atoms with Gasteiger partial charge in [-0.15, -0.1) is 0 Å². The molecular formula is C18H28N2O4. The second-order valence-corrected chi connectivity index (χ2v) is 6.71. The van der Waals surface area contributed by atoms with E-state index >= 15 is 0 Å². The van der Waals surface area contributed by atoms with E-state index < -0.39 is 0 Å². The van der Waals surface area contributed by atoms with Crippen LogP contribution in [-0.2, 0) is 19.2 Å². The average Bonchev–Trinajstić information content (AvgIpc) is 3.05. The van der Waals surface area contributed by atoms with Crippen LogP contribution in [0, 0.1) is 0 Å². The molecule has 2 saturated heterocycles. The lowest BCUT2D eigenvalue weighted by Crippen LogP contribution is -2.29. The van der Waals surface area contributed by atoms with E-state index in [1.54, 1.807) is 0 Å². The first-order valence-corrected chi connectivity index (χ1v) is 9.26. The maximum atomic E-state index is 11.4. The third-order valence-corrected chi connectivity index (χ3v) is 4.82. The first-order valence-electron chi connectivity index (χ1n) is 9.26. The Hall–Kier alpha value is -1.72. The molecule has 0 aromatic heterocycles. The van der Waals surface area contributed by atoms with Gasteiger partial charge in [0, 0.05) is 38.8 Å². The van der Waals surface area contributed by atoms with E-state index in [9.17, 15) is 19.2 Å². The van der Waals surface area contributed by atoms with Crippen molar-refractivity contribution in [3.8, 4) is 0 Å². The first kappa shape index (κ1) is 18.6. The number of amides is 4. The van der Waals surface area contributed by atoms with E-state index in [0.29, 0.717) is 38.8 Å². The zero-order valence-corrected chi connectivity index (χ0v) is 14.4. The zero-order chi connectivity index (χ0) is 17.4. The number of carbonyl (C=O) groups is 4. The Bertz CT molecular complexity index is 413. The van der Waals surface area contributed by atoms with Crippen LogP contribution in [0.4, 0.5) is 0 Å². The smallest absolute Gasteiger partial charge is 0.229 e. The summed E-state index contributed by atoms with van der Waals surface area (Å²) in [5.74, 6) is -0.0742. The standard InChI is InChI=1S/C18H28N2O4/c21-15-9-10-16(22)19(15)13-7-5-3-1-2-4-6-8-14-20-17(23)11-12-18(20)24/h1-14H2. The minimum absolute atomic E-state index is 0.0186. The number of hydrogen-bond donors (Lipinski definition) is 0. The average molecular weight is 336 g/mol. The summed E-state index contributed by atoms with van der Waals surface area (Å²) in [6.45, 7) is 1.16. The number of imide groups is 2. The van der Waals surface area contributed by atoms with Crippen molar-refractivity contribution in [3.05, 3.63) is 0 Å². The molecular weight excluding hydrogens is 308 g/mol. The Morgan fingerprint density at radius 2 is 0.708 bits per heavy atom. The van der Waals surface area contributed by atoms with Crippen LogP contribution >= 0.6 is 0 Å². The molecule has 2 rings (SSSR count). The quantitative estimate of drug-likeness (QED) is 0.429. The van der Waals surface area contributed by atoms with Crippen molar-refractivity contribution in [2.45, 2.75) is 77.0 Å². The summed E-state index contributed by atoms with van der Waals surface area (Å²) in [5.41, 5.74) is 0. The predicted octanol–water partition coefficient (Wildman–Crippen LogP) is 2.41. The van der Waals surface area contributed by atoms with E-state index in [2.05, 4.69) is 0 Å². The maximum Gasteiger partial charge on any atom is 0.229 e. The molecule has 0 aliphatic carbocycles. The highest BCUT2D eigenvalue weighted by atomic mass is 16.2. The normalized spacial score (nSPS) is 18.3. The molecule has 2 aliphatic heterocycles. The Morgan fingerprint density at radius 1 is 0.458 bits per heavy atom. The molecule has 2 aliphatic rings. The number of hydrogen-bond acceptors (Lipinski definition) is 4. The fraction of sp³-hybridized carbons (Fsp3) is 0.778. The van der Waals surface area contributed by atoms with Crippen LogP contribution in [0.15, 0.2) is 0 Å². The number of likely N-dealkylation sites (tertiary alicyclic amines) is 2. The Labute approximate surface area is 143 Å². The molecule has 0 saturated carbocycles. The van der Waals surface area contributed by atoms with E-state index in [1.165, 1.54) is 9.80 Å². The molecule has 0 aromatic carbocycles. The summed E-state index contributed by atoms with van der Waals surface area (Å²) >= 11 is 0. The summed E-state index contributed by atoms with van der Waals surface area (Å²) in [5, 5.41) is 0. The summed E-state index contributed by atoms with van der Waals surface area (Å²) < 4.78 is 0. The summed E-state index contributed by atoms with van der Waals surface area (Å²) in [6, 6.07) is 0. The highest BCUT2D eigenvalue weighted by Gasteiger charge is 2.28. The van der Waals surface area contributed by atoms with Crippen LogP contribution in [0.3, 0.4) is 0 Å². The molecule has 134 valence electrons. The minimum Gasteiger partial charge on any atom is -0.283 e. The van der Waals surface area contributed by atoms with Crippen LogP contribution in [-0.4, -0.2) is 46.5 Å². The van der Waals surface area contributed by atoms with Gasteiger partial charge in [-0.05, 0) is 12.8 Å². The third-order valence-electron chi connectivity index (χ3n) is 4.82. The van der Waals surface area contributed by atoms with Gasteiger partial charge in [-0.2, -0.15) is 0 Å². The molecule has 0 N–H and O–H groups in total. The van der Waals surface area contributed by atoms with Crippen LogP contribution in [0.2, 0.25) is 0 Å². The van der Waals surface area contributed by atoms with E-state index in [4.69, 9.17) is 0 Å². The van der Waals surface area contributed by atoms with Gasteiger partial charge in [0.2, 0.25) is 23.6 Å². The van der Waals surface area contributed by atoms with E-state index in [-0.39, 0.29) is 23.6 Å². The largest absolute Gasteiger partial charge is 0.283 e. The lowest BCUT2D eigenvalue weighted by molar-refractivity contribution is -0.140. The van der Waals surface area contributed by atoms with Gasteiger partial charge in [0.1, 0.15) is 0 Å². The van der Waals surface area contributed by atoms with Gasteiger partial charge >= 0.3 is 0 Å². The highest BCUT2D eigenvalue weighted by molar-refractivity contribution is 6.02. The summed E-state index contributed by atoms with van der Waals surface area (Å²) in [6.07, 6.45) is 9.99. The lowest BCUT2D eigenvalue weighted by atomic mass is 10.1. The van der Waals surface area contributed by atoms with Crippen LogP contribution < -0.4 is 0 Å². The minimum atomic E-state index is -0.0186. The van der Waals surface area contributed by atoms with Gasteiger partial charge in [0.05, 0.1) is 0 Å². The van der Waals surface area contributed by atoms with Crippen LogP contribution in [0.25, 0.3) is 0 Å². The number of carbonyl (C=O) groups excluding carboxylic acids is 4. The number of rotatable bonds is 11.